The van der Waals surface area contributed by atoms with Gasteiger partial charge in [-0.15, -0.1) is 0 Å². The van der Waals surface area contributed by atoms with Gasteiger partial charge in [-0.2, -0.15) is 0 Å². The summed E-state index contributed by atoms with van der Waals surface area (Å²) >= 11 is 0. The van der Waals surface area contributed by atoms with Crippen LogP contribution in [0.25, 0.3) is 10.9 Å². The fourth-order valence-electron chi connectivity index (χ4n) is 3.94. The lowest BCUT2D eigenvalue weighted by Crippen LogP contribution is -2.22. The standard InChI is InChI=1S/C24H26FN5O6/c1-3-36-24(34)12-4-7-15(29-10-12)27-8-9-28-19-17(25)18(26)16-20(22(19)35-2)30(13-5-6-13)11-14(21(16)31)23(32)33/h4,7,10-11,13,28H,3,5-6,8-9,26H2,1-2H3,(H,27,29)(H,32,33). The number of carboxylic acid groups (broad SMARTS) is 1. The molecule has 36 heavy (non-hydrogen) atoms. The Hall–Kier alpha value is -4.35. The van der Waals surface area contributed by atoms with Crippen LogP contribution in [0.3, 0.4) is 0 Å². The molecule has 3 aromatic rings. The number of fused-ring (bicyclic) bond motifs is 1. The molecule has 0 saturated heterocycles. The number of aromatic carboxylic acids is 1. The van der Waals surface area contributed by atoms with Crippen LogP contribution in [0.15, 0.2) is 29.3 Å². The molecule has 1 aliphatic rings. The van der Waals surface area contributed by atoms with Gasteiger partial charge in [-0.05, 0) is 31.9 Å². The number of carbonyl (C=O) groups is 2. The first kappa shape index (κ1) is 24.8. The zero-order valence-electron chi connectivity index (χ0n) is 19.8. The van der Waals surface area contributed by atoms with Crippen LogP contribution in [0.5, 0.6) is 5.75 Å². The molecule has 1 aliphatic carbocycles. The number of carbonyl (C=O) groups excluding carboxylic acids is 1. The van der Waals surface area contributed by atoms with Crippen molar-refractivity contribution in [1.29, 1.82) is 0 Å². The Labute approximate surface area is 205 Å². The monoisotopic (exact) mass is 499 g/mol. The van der Waals surface area contributed by atoms with E-state index in [-0.39, 0.29) is 41.5 Å². The summed E-state index contributed by atoms with van der Waals surface area (Å²) in [4.78, 5) is 40.4. The van der Waals surface area contributed by atoms with Crippen molar-refractivity contribution in [2.45, 2.75) is 25.8 Å². The first-order valence-electron chi connectivity index (χ1n) is 11.4. The number of ether oxygens (including phenoxy) is 2. The number of aromatic nitrogens is 2. The van der Waals surface area contributed by atoms with Gasteiger partial charge in [0.1, 0.15) is 17.1 Å². The number of pyridine rings is 2. The van der Waals surface area contributed by atoms with Crippen molar-refractivity contribution in [3.05, 3.63) is 51.7 Å². The number of nitrogen functional groups attached to an aromatic ring is 1. The van der Waals surface area contributed by atoms with Gasteiger partial charge in [0, 0.05) is 31.5 Å². The van der Waals surface area contributed by atoms with Gasteiger partial charge < -0.3 is 35.5 Å². The Bertz CT molecular complexity index is 1380. The maximum Gasteiger partial charge on any atom is 0.341 e. The summed E-state index contributed by atoms with van der Waals surface area (Å²) in [7, 11) is 1.34. The van der Waals surface area contributed by atoms with Gasteiger partial charge in [-0.1, -0.05) is 0 Å². The number of carboxylic acids is 1. The highest BCUT2D eigenvalue weighted by atomic mass is 19.1. The van der Waals surface area contributed by atoms with Gasteiger partial charge in [0.2, 0.25) is 5.43 Å². The maximum absolute atomic E-state index is 15.3. The van der Waals surface area contributed by atoms with Gasteiger partial charge >= 0.3 is 11.9 Å². The van der Waals surface area contributed by atoms with Crippen LogP contribution in [0, 0.1) is 5.82 Å². The highest BCUT2D eigenvalue weighted by Gasteiger charge is 2.31. The molecule has 12 heteroatoms. The lowest BCUT2D eigenvalue weighted by molar-refractivity contribution is 0.0525. The molecule has 0 unspecified atom stereocenters. The molecule has 0 spiro atoms. The van der Waals surface area contributed by atoms with Crippen molar-refractivity contribution in [2.24, 2.45) is 0 Å². The number of nitrogens with zero attached hydrogens (tertiary/aromatic N) is 2. The molecular formula is C24H26FN5O6. The third-order valence-corrected chi connectivity index (χ3v) is 5.78. The number of anilines is 3. The second-order valence-corrected chi connectivity index (χ2v) is 8.18. The molecule has 0 amide bonds. The molecule has 11 nitrogen and oxygen atoms in total. The van der Waals surface area contributed by atoms with Gasteiger partial charge in [-0.25, -0.2) is 19.0 Å². The minimum Gasteiger partial charge on any atom is -0.492 e. The summed E-state index contributed by atoms with van der Waals surface area (Å²) < 4.78 is 27.4. The molecule has 1 fully saturated rings. The topological polar surface area (TPSA) is 158 Å². The number of hydrogen-bond donors (Lipinski definition) is 4. The van der Waals surface area contributed by atoms with E-state index in [1.807, 2.05) is 0 Å². The molecule has 0 atom stereocenters. The van der Waals surface area contributed by atoms with E-state index in [0.29, 0.717) is 17.9 Å². The summed E-state index contributed by atoms with van der Waals surface area (Å²) in [6.07, 6.45) is 4.22. The fourth-order valence-corrected chi connectivity index (χ4v) is 3.94. The average Bonchev–Trinajstić information content (AvgIpc) is 3.70. The normalized spacial score (nSPS) is 12.9. The molecule has 1 aromatic carbocycles. The zero-order valence-corrected chi connectivity index (χ0v) is 19.8. The minimum absolute atomic E-state index is 0.0354. The van der Waals surface area contributed by atoms with E-state index in [4.69, 9.17) is 15.2 Å². The number of halogens is 1. The predicted octanol–water partition coefficient (Wildman–Crippen LogP) is 2.86. The van der Waals surface area contributed by atoms with E-state index in [9.17, 15) is 19.5 Å². The molecule has 0 bridgehead atoms. The number of rotatable bonds is 10. The second kappa shape index (κ2) is 10.1. The highest BCUT2D eigenvalue weighted by molar-refractivity contribution is 6.03. The molecule has 0 radical (unpaired) electrons. The number of nitrogens with one attached hydrogen (secondary N) is 2. The van der Waals surface area contributed by atoms with E-state index in [2.05, 4.69) is 15.6 Å². The first-order chi connectivity index (χ1) is 17.3. The number of benzene rings is 1. The molecule has 1 saturated carbocycles. The summed E-state index contributed by atoms with van der Waals surface area (Å²) in [5.74, 6) is -2.21. The molecular weight excluding hydrogens is 473 g/mol. The zero-order chi connectivity index (χ0) is 26.0. The van der Waals surface area contributed by atoms with E-state index >= 15 is 4.39 Å². The first-order valence-corrected chi connectivity index (χ1v) is 11.4. The average molecular weight is 499 g/mol. The quantitative estimate of drug-likeness (QED) is 0.186. The molecule has 2 aromatic heterocycles. The number of esters is 1. The summed E-state index contributed by atoms with van der Waals surface area (Å²) in [5.41, 5.74) is 4.77. The van der Waals surface area contributed by atoms with E-state index in [1.54, 1.807) is 23.6 Å². The molecule has 5 N–H and O–H groups in total. The van der Waals surface area contributed by atoms with E-state index in [1.165, 1.54) is 19.5 Å². The van der Waals surface area contributed by atoms with Crippen LogP contribution in [0.4, 0.5) is 21.6 Å². The summed E-state index contributed by atoms with van der Waals surface area (Å²) in [6.45, 7) is 2.52. The smallest absolute Gasteiger partial charge is 0.341 e. The van der Waals surface area contributed by atoms with Crippen LogP contribution in [0.1, 0.15) is 46.5 Å². The van der Waals surface area contributed by atoms with Gasteiger partial charge in [0.15, 0.2) is 11.6 Å². The van der Waals surface area contributed by atoms with Crippen LogP contribution in [-0.4, -0.2) is 53.4 Å². The fraction of sp³-hybridized carbons (Fsp3) is 0.333. The summed E-state index contributed by atoms with van der Waals surface area (Å²) in [5, 5.41) is 15.3. The molecule has 0 aliphatic heterocycles. The van der Waals surface area contributed by atoms with Gasteiger partial charge in [0.25, 0.3) is 0 Å². The van der Waals surface area contributed by atoms with Gasteiger partial charge in [0.05, 0.1) is 35.9 Å². The largest absolute Gasteiger partial charge is 0.492 e. The highest BCUT2D eigenvalue weighted by Crippen LogP contribution is 2.44. The third kappa shape index (κ3) is 4.61. The van der Waals surface area contributed by atoms with Crippen LogP contribution >= 0.6 is 0 Å². The maximum atomic E-state index is 15.3. The van der Waals surface area contributed by atoms with Crippen LogP contribution in [0.2, 0.25) is 0 Å². The molecule has 190 valence electrons. The van der Waals surface area contributed by atoms with Crippen molar-refractivity contribution in [3.63, 3.8) is 0 Å². The number of methoxy groups -OCH3 is 1. The Morgan fingerprint density at radius 2 is 2.00 bits per heavy atom. The van der Waals surface area contributed by atoms with Crippen LogP contribution in [-0.2, 0) is 4.74 Å². The molecule has 4 rings (SSSR count). The van der Waals surface area contributed by atoms with E-state index < -0.39 is 34.4 Å². The SMILES string of the molecule is CCOC(=O)c1ccc(NCCNc2c(F)c(N)c3c(=O)c(C(=O)O)cn(C4CC4)c3c2OC)nc1. The van der Waals surface area contributed by atoms with Crippen molar-refractivity contribution in [3.8, 4) is 5.75 Å². The van der Waals surface area contributed by atoms with Crippen molar-refractivity contribution >= 4 is 40.0 Å². The lowest BCUT2D eigenvalue weighted by Gasteiger charge is -2.20. The predicted molar refractivity (Wildman–Crippen MR) is 132 cm³/mol. The second-order valence-electron chi connectivity index (χ2n) is 8.18. The van der Waals surface area contributed by atoms with E-state index in [0.717, 1.165) is 12.8 Å². The Kier molecular flexibility index (Phi) is 6.95. The van der Waals surface area contributed by atoms with Gasteiger partial charge in [-0.3, -0.25) is 4.79 Å². The summed E-state index contributed by atoms with van der Waals surface area (Å²) in [6, 6.07) is 3.16. The Morgan fingerprint density at radius 3 is 2.58 bits per heavy atom. The van der Waals surface area contributed by atoms with Crippen molar-refractivity contribution in [2.75, 3.05) is 43.2 Å². The van der Waals surface area contributed by atoms with Crippen molar-refractivity contribution < 1.29 is 28.6 Å². The molecule has 2 heterocycles. The Morgan fingerprint density at radius 1 is 1.28 bits per heavy atom. The number of nitrogens with two attached hydrogens (primary N) is 1. The Balaban J connectivity index is 1.60. The van der Waals surface area contributed by atoms with Crippen molar-refractivity contribution in [1.82, 2.24) is 9.55 Å². The lowest BCUT2D eigenvalue weighted by atomic mass is 10.1. The minimum atomic E-state index is -1.41. The van der Waals surface area contributed by atoms with Crippen LogP contribution < -0.4 is 26.5 Å². The third-order valence-electron chi connectivity index (χ3n) is 5.78. The number of hydrogen-bond acceptors (Lipinski definition) is 9.